The average molecular weight is 1220 g/mol. The summed E-state index contributed by atoms with van der Waals surface area (Å²) in [6.07, 6.45) is 40.4. The SMILES string of the molecule is CCOCC(C)(C)C1(C)C2CC3CC(C2)CC1C3.CCOCC(C)(C)C1(C)CCCC1.CCOCC(C)(C)C1(C)CCCCC1.COCC(C)(C)C1(C)C2CC3CC(C2)CC1C3.COCC(C)(C)C1(C)CCCC1.COCC(C)(C)C1(C)CCCCC1. The van der Waals surface area contributed by atoms with Gasteiger partial charge in [-0.25, -0.2) is 0 Å². The van der Waals surface area contributed by atoms with Crippen molar-refractivity contribution in [1.82, 2.24) is 0 Å². The Morgan fingerprint density at radius 1 is 0.264 bits per heavy atom. The second-order valence-electron chi connectivity index (χ2n) is 37.5. The first-order valence-electron chi connectivity index (χ1n) is 37.7. The van der Waals surface area contributed by atoms with Crippen LogP contribution in [0.3, 0.4) is 0 Å². The average Bonchev–Trinajstić information content (AvgIpc) is 1.15. The Kier molecular flexibility index (Phi) is 28.5. The molecule has 0 heterocycles. The third-order valence-corrected chi connectivity index (χ3v) is 30.0. The molecule has 0 aromatic carbocycles. The molecule has 0 saturated heterocycles. The van der Waals surface area contributed by atoms with Crippen molar-refractivity contribution in [3.05, 3.63) is 0 Å². The van der Waals surface area contributed by atoms with Crippen LogP contribution in [-0.2, 0) is 28.4 Å². The quantitative estimate of drug-likeness (QED) is 0.114. The molecule has 87 heavy (non-hydrogen) atoms. The smallest absolute Gasteiger partial charge is 0.0522 e. The maximum atomic E-state index is 5.82. The third kappa shape index (κ3) is 18.0. The summed E-state index contributed by atoms with van der Waals surface area (Å²) in [6, 6.07) is 0. The van der Waals surface area contributed by atoms with E-state index < -0.39 is 0 Å². The van der Waals surface area contributed by atoms with Gasteiger partial charge in [0.2, 0.25) is 0 Å². The largest absolute Gasteiger partial charge is 0.384 e. The van der Waals surface area contributed by atoms with Crippen molar-refractivity contribution in [3.8, 4) is 0 Å². The molecule has 0 aromatic heterocycles. The maximum Gasteiger partial charge on any atom is 0.0522 e. The molecule has 0 amide bonds. The van der Waals surface area contributed by atoms with Crippen molar-refractivity contribution >= 4 is 0 Å². The molecular weight excluding hydrogens is 1070 g/mol. The Morgan fingerprint density at radius 2 is 0.448 bits per heavy atom. The summed E-state index contributed by atoms with van der Waals surface area (Å²) in [5, 5.41) is 0. The maximum absolute atomic E-state index is 5.82. The number of methoxy groups -OCH3 is 3. The first-order valence-corrected chi connectivity index (χ1v) is 37.7. The molecule has 0 N–H and O–H groups in total. The van der Waals surface area contributed by atoms with Gasteiger partial charge in [0.25, 0.3) is 0 Å². The predicted octanol–water partition coefficient (Wildman–Crippen LogP) is 23.2. The molecule has 0 aromatic rings. The molecule has 6 nitrogen and oxygen atoms in total. The van der Waals surface area contributed by atoms with Crippen molar-refractivity contribution in [2.24, 2.45) is 112 Å². The highest BCUT2D eigenvalue weighted by atomic mass is 16.5. The minimum Gasteiger partial charge on any atom is -0.384 e. The number of rotatable bonds is 21. The molecule has 0 spiro atoms. The Morgan fingerprint density at radius 3 is 0.667 bits per heavy atom. The number of hydrogen-bond donors (Lipinski definition) is 0. The molecule has 514 valence electrons. The Hall–Kier alpha value is -0.240. The summed E-state index contributed by atoms with van der Waals surface area (Å²) >= 11 is 0. The summed E-state index contributed by atoms with van der Waals surface area (Å²) in [7, 11) is 5.48. The summed E-state index contributed by atoms with van der Waals surface area (Å²) < 4.78 is 33.2. The molecule has 0 aliphatic heterocycles. The van der Waals surface area contributed by atoms with Gasteiger partial charge in [-0.05, 0) is 249 Å². The van der Waals surface area contributed by atoms with E-state index in [-0.39, 0.29) is 0 Å². The van der Waals surface area contributed by atoms with E-state index in [1.807, 2.05) is 14.2 Å². The van der Waals surface area contributed by atoms with Gasteiger partial charge in [-0.15, -0.1) is 0 Å². The highest BCUT2D eigenvalue weighted by Crippen LogP contribution is 2.69. The summed E-state index contributed by atoms with van der Waals surface area (Å²) in [4.78, 5) is 0. The topological polar surface area (TPSA) is 55.4 Å². The Labute approximate surface area is 544 Å². The zero-order valence-electron chi connectivity index (χ0n) is 63.2. The number of ether oxygens (including phenoxy) is 6. The van der Waals surface area contributed by atoms with Crippen LogP contribution in [0.4, 0.5) is 0 Å². The van der Waals surface area contributed by atoms with E-state index in [0.717, 1.165) is 107 Å². The van der Waals surface area contributed by atoms with Crippen molar-refractivity contribution < 1.29 is 28.4 Å². The summed E-state index contributed by atoms with van der Waals surface area (Å²) in [5.74, 6) is 8.20. The highest BCUT2D eigenvalue weighted by Gasteiger charge is 2.62. The van der Waals surface area contributed by atoms with Gasteiger partial charge in [0.05, 0.1) is 39.6 Å². The summed E-state index contributed by atoms with van der Waals surface area (Å²) in [5.41, 5.74) is 5.12. The van der Waals surface area contributed by atoms with Crippen LogP contribution in [-0.4, -0.2) is 80.8 Å². The fraction of sp³-hybridized carbons (Fsp3) is 1.00. The van der Waals surface area contributed by atoms with Crippen LogP contribution >= 0.6 is 0 Å². The van der Waals surface area contributed by atoms with E-state index in [2.05, 4.69) is 145 Å². The van der Waals surface area contributed by atoms with Crippen molar-refractivity contribution in [2.75, 3.05) is 80.8 Å². The molecule has 12 saturated carbocycles. The molecule has 12 rings (SSSR count). The van der Waals surface area contributed by atoms with Crippen LogP contribution in [0, 0.1) is 112 Å². The van der Waals surface area contributed by atoms with E-state index in [1.54, 1.807) is 20.0 Å². The fourth-order valence-electron chi connectivity index (χ4n) is 21.4. The molecule has 0 atom stereocenters. The zero-order chi connectivity index (χ0) is 65.0. The lowest BCUT2D eigenvalue weighted by Gasteiger charge is -2.65. The van der Waals surface area contributed by atoms with E-state index >= 15 is 0 Å². The van der Waals surface area contributed by atoms with Crippen LogP contribution in [0.5, 0.6) is 0 Å². The van der Waals surface area contributed by atoms with Gasteiger partial charge in [0, 0.05) is 41.2 Å². The van der Waals surface area contributed by atoms with Crippen molar-refractivity contribution in [3.63, 3.8) is 0 Å². The number of hydrogen-bond acceptors (Lipinski definition) is 6. The molecule has 0 radical (unpaired) electrons. The molecule has 0 unspecified atom stereocenters. The molecule has 12 aliphatic carbocycles. The van der Waals surface area contributed by atoms with Crippen LogP contribution < -0.4 is 0 Å². The minimum absolute atomic E-state index is 0.335. The van der Waals surface area contributed by atoms with Crippen LogP contribution in [0.15, 0.2) is 0 Å². The zero-order valence-corrected chi connectivity index (χ0v) is 63.2. The molecule has 6 heteroatoms. The van der Waals surface area contributed by atoms with Gasteiger partial charge in [-0.3, -0.25) is 0 Å². The molecule has 12 fully saturated rings. The second-order valence-corrected chi connectivity index (χ2v) is 37.5. The lowest BCUT2D eigenvalue weighted by atomic mass is 9.40. The monoisotopic (exact) mass is 1220 g/mol. The lowest BCUT2D eigenvalue weighted by Crippen LogP contribution is -2.58. The normalized spacial score (nSPS) is 32.7. The standard InChI is InChI=1S/C17H30O.C16H28O.C13H26O.2C12H24O.C11H22O/c1-5-18-11-16(2,3)17(4)14-7-12-6-13(9-14)10-15(17)8-12;1-15(2,10-17-4)16(3)13-6-11-5-12(8-13)9-14(16)7-11;1-5-14-11-12(2,3)13(4)9-7-6-8-10-13;1-11(2,10-13-4)12(3)8-6-5-7-9-12;1-5-13-10-11(2,3)12(4)8-6-7-9-12;1-10(2,9-12-4)11(3)7-5-6-8-11/h12-15H,5-11H2,1-4H3;11-14H,5-10H2,1-4H3;5-11H2,1-4H3;2*5-10H2,1-4H3;5-9H2,1-4H3. The molecule has 8 bridgehead atoms. The van der Waals surface area contributed by atoms with Gasteiger partial charge in [-0.1, -0.05) is 189 Å². The van der Waals surface area contributed by atoms with Crippen LogP contribution in [0.1, 0.15) is 325 Å². The van der Waals surface area contributed by atoms with Gasteiger partial charge in [0.15, 0.2) is 0 Å². The third-order valence-electron chi connectivity index (χ3n) is 30.0. The van der Waals surface area contributed by atoms with Gasteiger partial charge in [0.1, 0.15) is 0 Å². The first kappa shape index (κ1) is 77.5. The lowest BCUT2D eigenvalue weighted by molar-refractivity contribution is -0.175. The minimum atomic E-state index is 0.335. The second kappa shape index (κ2) is 32.0. The van der Waals surface area contributed by atoms with E-state index in [1.165, 1.54) is 167 Å². The van der Waals surface area contributed by atoms with Crippen molar-refractivity contribution in [1.29, 1.82) is 0 Å². The molecular formula is C81H154O6. The van der Waals surface area contributed by atoms with E-state index in [4.69, 9.17) is 28.4 Å². The van der Waals surface area contributed by atoms with Crippen molar-refractivity contribution in [2.45, 2.75) is 325 Å². The predicted molar refractivity (Wildman–Crippen MR) is 374 cm³/mol. The van der Waals surface area contributed by atoms with Gasteiger partial charge >= 0.3 is 0 Å². The molecule has 12 aliphatic rings. The van der Waals surface area contributed by atoms with E-state index in [9.17, 15) is 0 Å². The van der Waals surface area contributed by atoms with Gasteiger partial charge in [-0.2, -0.15) is 0 Å². The summed E-state index contributed by atoms with van der Waals surface area (Å²) in [6.45, 7) is 57.9. The van der Waals surface area contributed by atoms with Crippen LogP contribution in [0.2, 0.25) is 0 Å². The fourth-order valence-corrected chi connectivity index (χ4v) is 21.4. The Bertz CT molecular complexity index is 1890. The van der Waals surface area contributed by atoms with E-state index in [0.29, 0.717) is 65.0 Å². The van der Waals surface area contributed by atoms with Gasteiger partial charge < -0.3 is 28.4 Å². The van der Waals surface area contributed by atoms with Crippen LogP contribution in [0.25, 0.3) is 0 Å². The highest BCUT2D eigenvalue weighted by molar-refractivity contribution is 5.11. The first-order chi connectivity index (χ1) is 40.5. The Balaban J connectivity index is 0.000000192.